The van der Waals surface area contributed by atoms with Crippen LogP contribution < -0.4 is 0 Å². The number of esters is 1. The van der Waals surface area contributed by atoms with Crippen molar-refractivity contribution in [3.05, 3.63) is 46.9 Å². The van der Waals surface area contributed by atoms with Crippen LogP contribution in [0, 0.1) is 17.0 Å². The molecule has 0 aliphatic heterocycles. The highest BCUT2D eigenvalue weighted by molar-refractivity contribution is 5.70. The van der Waals surface area contributed by atoms with Crippen LogP contribution in [0.15, 0.2) is 24.3 Å². The minimum absolute atomic E-state index is 0.0524. The highest BCUT2D eigenvalue weighted by atomic mass is 16.6. The van der Waals surface area contributed by atoms with Gasteiger partial charge in [0.1, 0.15) is 6.10 Å². The lowest BCUT2D eigenvalue weighted by Crippen LogP contribution is -2.15. The maximum Gasteiger partial charge on any atom is 0.308 e. The summed E-state index contributed by atoms with van der Waals surface area (Å²) in [4.78, 5) is 22.6. The maximum atomic E-state index is 11.9. The SMILES string of the molecule is [CH2-]COCCOCCOCCC(=O)OC(CC)c1ccccc1[N+](=O)[O-]. The van der Waals surface area contributed by atoms with Gasteiger partial charge in [-0.2, -0.15) is 0 Å². The second kappa shape index (κ2) is 13.2. The van der Waals surface area contributed by atoms with Crippen LogP contribution in [0.3, 0.4) is 0 Å². The lowest BCUT2D eigenvalue weighted by Gasteiger charge is -2.16. The predicted molar refractivity (Wildman–Crippen MR) is 94.7 cm³/mol. The van der Waals surface area contributed by atoms with Gasteiger partial charge in [-0.15, -0.1) is 0 Å². The van der Waals surface area contributed by atoms with Gasteiger partial charge in [-0.3, -0.25) is 14.9 Å². The lowest BCUT2D eigenvalue weighted by atomic mass is 10.1. The molecule has 26 heavy (non-hydrogen) atoms. The zero-order valence-electron chi connectivity index (χ0n) is 15.1. The second-order valence-corrected chi connectivity index (χ2v) is 5.29. The van der Waals surface area contributed by atoms with Gasteiger partial charge in [0, 0.05) is 6.07 Å². The molecule has 1 aromatic carbocycles. The van der Waals surface area contributed by atoms with Gasteiger partial charge in [-0.1, -0.05) is 25.7 Å². The van der Waals surface area contributed by atoms with Gasteiger partial charge in [0.05, 0.1) is 49.9 Å². The molecule has 1 rings (SSSR count). The van der Waals surface area contributed by atoms with E-state index in [1.165, 1.54) is 6.07 Å². The number of para-hydroxylation sites is 1. The quantitative estimate of drug-likeness (QED) is 0.164. The third-order valence-corrected chi connectivity index (χ3v) is 3.46. The third kappa shape index (κ3) is 8.37. The van der Waals surface area contributed by atoms with E-state index in [1.807, 2.05) is 0 Å². The Morgan fingerprint density at radius 2 is 1.73 bits per heavy atom. The molecule has 0 aliphatic rings. The molecule has 0 N–H and O–H groups in total. The average Bonchev–Trinajstić information content (AvgIpc) is 2.64. The van der Waals surface area contributed by atoms with Crippen molar-refractivity contribution in [3.63, 3.8) is 0 Å². The van der Waals surface area contributed by atoms with E-state index in [-0.39, 0.29) is 18.7 Å². The van der Waals surface area contributed by atoms with Crippen LogP contribution in [0.5, 0.6) is 0 Å². The van der Waals surface area contributed by atoms with E-state index < -0.39 is 17.0 Å². The van der Waals surface area contributed by atoms with Crippen molar-refractivity contribution >= 4 is 11.7 Å². The Morgan fingerprint density at radius 3 is 2.35 bits per heavy atom. The fourth-order valence-electron chi connectivity index (χ4n) is 2.21. The Kier molecular flexibility index (Phi) is 11.2. The standard InChI is InChI=1S/C18H26NO7/c1-3-17(15-7-5-6-8-16(15)19(21)22)26-18(20)9-10-24-13-14-25-12-11-23-4-2/h5-8,17H,2-4,9-14H2,1H3/q-1. The van der Waals surface area contributed by atoms with E-state index in [0.717, 1.165) is 0 Å². The topological polar surface area (TPSA) is 97.1 Å². The maximum absolute atomic E-state index is 11.9. The number of rotatable bonds is 14. The number of carbonyl (C=O) groups is 1. The summed E-state index contributed by atoms with van der Waals surface area (Å²) in [5, 5.41) is 11.1. The van der Waals surface area contributed by atoms with Crippen molar-refractivity contribution in [1.29, 1.82) is 0 Å². The van der Waals surface area contributed by atoms with Crippen molar-refractivity contribution in [2.45, 2.75) is 25.9 Å². The fourth-order valence-corrected chi connectivity index (χ4v) is 2.21. The highest BCUT2D eigenvalue weighted by Crippen LogP contribution is 2.29. The van der Waals surface area contributed by atoms with Crippen molar-refractivity contribution in [2.75, 3.05) is 39.6 Å². The highest BCUT2D eigenvalue weighted by Gasteiger charge is 2.23. The molecule has 0 radical (unpaired) electrons. The summed E-state index contributed by atoms with van der Waals surface area (Å²) in [6.45, 7) is 7.67. The molecule has 0 bridgehead atoms. The number of carbonyl (C=O) groups excluding carboxylic acids is 1. The van der Waals surface area contributed by atoms with Crippen LogP contribution in [-0.4, -0.2) is 50.5 Å². The summed E-state index contributed by atoms with van der Waals surface area (Å²) in [6.07, 6.45) is -0.136. The van der Waals surface area contributed by atoms with Crippen molar-refractivity contribution in [3.8, 4) is 0 Å². The zero-order valence-corrected chi connectivity index (χ0v) is 15.1. The van der Waals surface area contributed by atoms with E-state index in [2.05, 4.69) is 6.92 Å². The van der Waals surface area contributed by atoms with E-state index in [1.54, 1.807) is 25.1 Å². The molecule has 0 spiro atoms. The van der Waals surface area contributed by atoms with E-state index in [9.17, 15) is 14.9 Å². The van der Waals surface area contributed by atoms with Crippen molar-refractivity contribution in [2.24, 2.45) is 0 Å². The third-order valence-electron chi connectivity index (χ3n) is 3.46. The van der Waals surface area contributed by atoms with Crippen LogP contribution in [-0.2, 0) is 23.7 Å². The van der Waals surface area contributed by atoms with E-state index in [0.29, 0.717) is 45.0 Å². The Hall–Kier alpha value is -2.03. The van der Waals surface area contributed by atoms with Crippen LogP contribution in [0.4, 0.5) is 5.69 Å². The predicted octanol–water partition coefficient (Wildman–Crippen LogP) is 2.86. The van der Waals surface area contributed by atoms with Gasteiger partial charge < -0.3 is 25.9 Å². The van der Waals surface area contributed by atoms with Gasteiger partial charge in [0.25, 0.3) is 5.69 Å². The van der Waals surface area contributed by atoms with Crippen molar-refractivity contribution < 1.29 is 28.7 Å². The molecule has 0 aliphatic carbocycles. The van der Waals surface area contributed by atoms with Crippen molar-refractivity contribution in [1.82, 2.24) is 0 Å². The van der Waals surface area contributed by atoms with Crippen LogP contribution in [0.2, 0.25) is 0 Å². The number of nitro groups is 1. The molecular formula is C18H26NO7-. The first-order valence-electron chi connectivity index (χ1n) is 8.55. The minimum Gasteiger partial charge on any atom is -0.457 e. The molecule has 0 aromatic heterocycles. The molecular weight excluding hydrogens is 342 g/mol. The number of hydrogen-bond donors (Lipinski definition) is 0. The lowest BCUT2D eigenvalue weighted by molar-refractivity contribution is -0.386. The summed E-state index contributed by atoms with van der Waals surface area (Å²) in [5.74, 6) is -0.459. The first-order chi connectivity index (χ1) is 12.6. The number of hydrogen-bond acceptors (Lipinski definition) is 7. The van der Waals surface area contributed by atoms with Crippen LogP contribution >= 0.6 is 0 Å². The Labute approximate surface area is 153 Å². The number of nitro benzene ring substituents is 1. The van der Waals surface area contributed by atoms with Gasteiger partial charge >= 0.3 is 5.97 Å². The number of ether oxygens (including phenoxy) is 4. The molecule has 0 fully saturated rings. The van der Waals surface area contributed by atoms with E-state index >= 15 is 0 Å². The second-order valence-electron chi connectivity index (χ2n) is 5.29. The number of nitrogens with zero attached hydrogens (tertiary/aromatic N) is 1. The molecule has 0 heterocycles. The first-order valence-corrected chi connectivity index (χ1v) is 8.55. The summed E-state index contributed by atoms with van der Waals surface area (Å²) in [6, 6.07) is 6.27. The molecule has 8 heteroatoms. The van der Waals surface area contributed by atoms with Gasteiger partial charge in [-0.25, -0.2) is 0 Å². The largest absolute Gasteiger partial charge is 0.457 e. The zero-order chi connectivity index (χ0) is 19.2. The molecule has 1 unspecified atom stereocenters. The summed E-state index contributed by atoms with van der Waals surface area (Å²) in [5.41, 5.74) is 0.343. The smallest absolute Gasteiger partial charge is 0.308 e. The molecule has 1 aromatic rings. The Balaban J connectivity index is 2.30. The molecule has 0 amide bonds. The van der Waals surface area contributed by atoms with E-state index in [4.69, 9.17) is 18.9 Å². The minimum atomic E-state index is -0.652. The average molecular weight is 368 g/mol. The first kappa shape index (κ1) is 22.0. The monoisotopic (exact) mass is 368 g/mol. The molecule has 146 valence electrons. The summed E-state index contributed by atoms with van der Waals surface area (Å²) in [7, 11) is 0. The van der Waals surface area contributed by atoms with Gasteiger partial charge in [0.15, 0.2) is 0 Å². The molecule has 8 nitrogen and oxygen atoms in total. The molecule has 0 saturated carbocycles. The van der Waals surface area contributed by atoms with Gasteiger partial charge in [-0.05, 0) is 12.5 Å². The normalized spacial score (nSPS) is 11.9. The Morgan fingerprint density at radius 1 is 1.12 bits per heavy atom. The number of benzene rings is 1. The summed E-state index contributed by atoms with van der Waals surface area (Å²) < 4.78 is 21.0. The summed E-state index contributed by atoms with van der Waals surface area (Å²) >= 11 is 0. The van der Waals surface area contributed by atoms with Crippen LogP contribution in [0.1, 0.15) is 31.4 Å². The van der Waals surface area contributed by atoms with Gasteiger partial charge in [0.2, 0.25) is 0 Å². The molecule has 1 atom stereocenters. The molecule has 0 saturated heterocycles. The Bertz CT molecular complexity index is 550. The van der Waals surface area contributed by atoms with Crippen LogP contribution in [0.25, 0.3) is 0 Å². The fraction of sp³-hybridized carbons (Fsp3) is 0.556.